The molecule has 0 unspecified atom stereocenters. The molecule has 0 radical (unpaired) electrons. The van der Waals surface area contributed by atoms with Gasteiger partial charge in [-0.25, -0.2) is 0 Å². The lowest BCUT2D eigenvalue weighted by atomic mass is 9.94. The third-order valence-electron chi connectivity index (χ3n) is 2.34. The van der Waals surface area contributed by atoms with Crippen molar-refractivity contribution in [2.45, 2.75) is 39.5 Å². The first-order valence-corrected chi connectivity index (χ1v) is 4.85. The van der Waals surface area contributed by atoms with Crippen LogP contribution in [0.5, 0.6) is 5.75 Å². The van der Waals surface area contributed by atoms with E-state index >= 15 is 0 Å². The second kappa shape index (κ2) is 5.26. The van der Waals surface area contributed by atoms with Gasteiger partial charge in [0.1, 0.15) is 5.75 Å². The molecule has 0 aromatic heterocycles. The first kappa shape index (κ1) is 13.3. The fraction of sp³-hybridized carbons (Fsp3) is 0.500. The van der Waals surface area contributed by atoms with Gasteiger partial charge in [0.2, 0.25) is 0 Å². The third-order valence-corrected chi connectivity index (χ3v) is 2.34. The van der Waals surface area contributed by atoms with Crippen LogP contribution < -0.4 is 0 Å². The Bertz CT molecular complexity index is 266. The molecule has 0 spiro atoms. The Hall–Kier alpha value is -0.690. The molecule has 1 N–H and O–H groups in total. The van der Waals surface area contributed by atoms with E-state index in [1.807, 2.05) is 18.2 Å². The van der Waals surface area contributed by atoms with Crippen LogP contribution in [0, 0.1) is 0 Å². The minimum atomic E-state index is 0. The average molecular weight is 215 g/mol. The van der Waals surface area contributed by atoms with Crippen molar-refractivity contribution in [3.63, 3.8) is 0 Å². The lowest BCUT2D eigenvalue weighted by Gasteiger charge is -2.14. The second-order valence-corrected chi connectivity index (χ2v) is 4.09. The monoisotopic (exact) mass is 214 g/mol. The number of hydrogen-bond acceptors (Lipinski definition) is 1. The summed E-state index contributed by atoms with van der Waals surface area (Å²) < 4.78 is 0. The predicted molar refractivity (Wildman–Crippen MR) is 63.5 cm³/mol. The van der Waals surface area contributed by atoms with Crippen LogP contribution >= 0.6 is 12.4 Å². The molecule has 0 saturated carbocycles. The summed E-state index contributed by atoms with van der Waals surface area (Å²) in [5.41, 5.74) is 2.09. The maximum absolute atomic E-state index is 9.93. The molecule has 1 rings (SSSR count). The number of para-hydroxylation sites is 1. The van der Waals surface area contributed by atoms with Gasteiger partial charge in [0.25, 0.3) is 0 Å². The fourth-order valence-electron chi connectivity index (χ4n) is 1.51. The van der Waals surface area contributed by atoms with Crippen molar-refractivity contribution in [2.24, 2.45) is 0 Å². The van der Waals surface area contributed by atoms with Crippen molar-refractivity contribution >= 4 is 12.4 Å². The van der Waals surface area contributed by atoms with Gasteiger partial charge in [0, 0.05) is 0 Å². The van der Waals surface area contributed by atoms with Gasteiger partial charge < -0.3 is 5.11 Å². The van der Waals surface area contributed by atoms with Gasteiger partial charge in [-0.2, -0.15) is 0 Å². The van der Waals surface area contributed by atoms with Gasteiger partial charge in [-0.3, -0.25) is 0 Å². The van der Waals surface area contributed by atoms with E-state index in [-0.39, 0.29) is 12.4 Å². The summed E-state index contributed by atoms with van der Waals surface area (Å²) in [7, 11) is 0. The summed E-state index contributed by atoms with van der Waals surface area (Å²) in [6.07, 6.45) is 0. The highest BCUT2D eigenvalue weighted by atomic mass is 35.5. The van der Waals surface area contributed by atoms with Gasteiger partial charge in [0.15, 0.2) is 0 Å². The number of hydrogen-bond donors (Lipinski definition) is 1. The van der Waals surface area contributed by atoms with E-state index in [4.69, 9.17) is 0 Å². The number of phenols is 1. The molecule has 1 nitrogen and oxygen atoms in total. The van der Waals surface area contributed by atoms with Gasteiger partial charge in [-0.15, -0.1) is 12.4 Å². The largest absolute Gasteiger partial charge is 0.507 e. The van der Waals surface area contributed by atoms with E-state index in [2.05, 4.69) is 27.7 Å². The molecule has 1 aromatic carbocycles. The Morgan fingerprint density at radius 3 is 1.57 bits per heavy atom. The first-order valence-electron chi connectivity index (χ1n) is 4.85. The average Bonchev–Trinajstić information content (AvgIpc) is 2.03. The van der Waals surface area contributed by atoms with E-state index in [0.29, 0.717) is 17.6 Å². The molecule has 0 fully saturated rings. The van der Waals surface area contributed by atoms with Crippen molar-refractivity contribution in [3.8, 4) is 5.75 Å². The molecule has 0 aliphatic rings. The van der Waals surface area contributed by atoms with Crippen molar-refractivity contribution < 1.29 is 5.11 Å². The van der Waals surface area contributed by atoms with Crippen LogP contribution in [0.1, 0.15) is 50.7 Å². The quantitative estimate of drug-likeness (QED) is 0.787. The molecule has 0 bridgehead atoms. The molecular formula is C12H19ClO. The smallest absolute Gasteiger partial charge is 0.122 e. The number of aromatic hydroxyl groups is 1. The van der Waals surface area contributed by atoms with E-state index < -0.39 is 0 Å². The number of phenolic OH excluding ortho intramolecular Hbond substituents is 1. The standard InChI is InChI=1S/C12H18O.ClH/c1-8(2)10-6-5-7-11(9(3)4)12(10)13;/h5-9,13H,1-4H3;1H. The summed E-state index contributed by atoms with van der Waals surface area (Å²) in [4.78, 5) is 0. The third kappa shape index (κ3) is 2.65. The zero-order valence-electron chi connectivity index (χ0n) is 9.24. The van der Waals surface area contributed by atoms with Crippen molar-refractivity contribution in [2.75, 3.05) is 0 Å². The lowest BCUT2D eigenvalue weighted by Crippen LogP contribution is -1.94. The van der Waals surface area contributed by atoms with E-state index in [0.717, 1.165) is 11.1 Å². The van der Waals surface area contributed by atoms with E-state index in [9.17, 15) is 5.11 Å². The van der Waals surface area contributed by atoms with Gasteiger partial charge in [-0.1, -0.05) is 45.9 Å². The zero-order valence-corrected chi connectivity index (χ0v) is 10.1. The van der Waals surface area contributed by atoms with Crippen molar-refractivity contribution in [1.82, 2.24) is 0 Å². The highest BCUT2D eigenvalue weighted by Gasteiger charge is 2.11. The minimum Gasteiger partial charge on any atom is -0.507 e. The number of benzene rings is 1. The van der Waals surface area contributed by atoms with Crippen LogP contribution in [0.25, 0.3) is 0 Å². The van der Waals surface area contributed by atoms with Gasteiger partial charge in [-0.05, 0) is 23.0 Å². The Morgan fingerprint density at radius 1 is 0.929 bits per heavy atom. The molecule has 80 valence electrons. The molecular weight excluding hydrogens is 196 g/mol. The molecule has 1 aromatic rings. The molecule has 0 amide bonds. The zero-order chi connectivity index (χ0) is 10.0. The fourth-order valence-corrected chi connectivity index (χ4v) is 1.51. The van der Waals surface area contributed by atoms with Crippen LogP contribution in [0.4, 0.5) is 0 Å². The van der Waals surface area contributed by atoms with Crippen LogP contribution in [-0.4, -0.2) is 5.11 Å². The van der Waals surface area contributed by atoms with E-state index in [1.54, 1.807) is 0 Å². The summed E-state index contributed by atoms with van der Waals surface area (Å²) in [5.74, 6) is 1.25. The summed E-state index contributed by atoms with van der Waals surface area (Å²) in [6.45, 7) is 8.39. The second-order valence-electron chi connectivity index (χ2n) is 4.09. The Labute approximate surface area is 92.6 Å². The molecule has 0 atom stereocenters. The first-order chi connectivity index (χ1) is 6.04. The van der Waals surface area contributed by atoms with Crippen LogP contribution in [0.2, 0.25) is 0 Å². The number of rotatable bonds is 2. The minimum absolute atomic E-state index is 0. The van der Waals surface area contributed by atoms with Crippen molar-refractivity contribution in [3.05, 3.63) is 29.3 Å². The molecule has 0 heterocycles. The van der Waals surface area contributed by atoms with Crippen LogP contribution in [0.3, 0.4) is 0 Å². The summed E-state index contributed by atoms with van der Waals surface area (Å²) in [6, 6.07) is 6.00. The van der Waals surface area contributed by atoms with Gasteiger partial charge >= 0.3 is 0 Å². The SMILES string of the molecule is CC(C)c1cccc(C(C)C)c1O.Cl. The maximum Gasteiger partial charge on any atom is 0.122 e. The Morgan fingerprint density at radius 2 is 1.29 bits per heavy atom. The number of halogens is 1. The van der Waals surface area contributed by atoms with Crippen LogP contribution in [0.15, 0.2) is 18.2 Å². The highest BCUT2D eigenvalue weighted by molar-refractivity contribution is 5.85. The topological polar surface area (TPSA) is 20.2 Å². The summed E-state index contributed by atoms with van der Waals surface area (Å²) >= 11 is 0. The molecule has 2 heteroatoms. The van der Waals surface area contributed by atoms with Crippen LogP contribution in [-0.2, 0) is 0 Å². The highest BCUT2D eigenvalue weighted by Crippen LogP contribution is 2.32. The summed E-state index contributed by atoms with van der Waals surface area (Å²) in [5, 5.41) is 9.93. The maximum atomic E-state index is 9.93. The molecule has 0 saturated heterocycles. The Kier molecular flexibility index (Phi) is 5.00. The molecule has 0 aliphatic heterocycles. The Balaban J connectivity index is 0.00000169. The normalized spacial score (nSPS) is 10.4. The lowest BCUT2D eigenvalue weighted by molar-refractivity contribution is 0.454. The van der Waals surface area contributed by atoms with Crippen molar-refractivity contribution in [1.29, 1.82) is 0 Å². The molecule has 14 heavy (non-hydrogen) atoms. The molecule has 0 aliphatic carbocycles. The predicted octanol–water partition coefficient (Wildman–Crippen LogP) is 4.06. The van der Waals surface area contributed by atoms with E-state index in [1.165, 1.54) is 0 Å². The van der Waals surface area contributed by atoms with Gasteiger partial charge in [0.05, 0.1) is 0 Å².